The summed E-state index contributed by atoms with van der Waals surface area (Å²) in [7, 11) is 0. The Balaban J connectivity index is 2.14. The summed E-state index contributed by atoms with van der Waals surface area (Å²) < 4.78 is 5.01. The first-order valence-corrected chi connectivity index (χ1v) is 9.18. The fourth-order valence-electron chi connectivity index (χ4n) is 4.17. The van der Waals surface area contributed by atoms with Crippen LogP contribution in [0.25, 0.3) is 0 Å². The van der Waals surface area contributed by atoms with Crippen molar-refractivity contribution in [2.45, 2.75) is 33.1 Å². The number of hydrogen-bond acceptors (Lipinski definition) is 6. The molecule has 4 unspecified atom stereocenters. The molecule has 0 spiro atoms. The van der Waals surface area contributed by atoms with Crippen molar-refractivity contribution in [1.82, 2.24) is 0 Å². The van der Waals surface area contributed by atoms with Gasteiger partial charge in [0.1, 0.15) is 17.6 Å². The third-order valence-corrected chi connectivity index (χ3v) is 5.38. The Bertz CT molecular complexity index is 958. The summed E-state index contributed by atoms with van der Waals surface area (Å²) in [4.78, 5) is 52.3. The first kappa shape index (κ1) is 20.4. The van der Waals surface area contributed by atoms with Gasteiger partial charge in [0.15, 0.2) is 5.78 Å². The summed E-state index contributed by atoms with van der Waals surface area (Å²) in [5, 5.41) is 19.3. The van der Waals surface area contributed by atoms with Crippen molar-refractivity contribution < 1.29 is 34.1 Å². The number of esters is 1. The second kappa shape index (κ2) is 7.62. The van der Waals surface area contributed by atoms with E-state index in [0.717, 1.165) is 0 Å². The van der Waals surface area contributed by atoms with Gasteiger partial charge in [-0.2, -0.15) is 0 Å². The van der Waals surface area contributed by atoms with Crippen molar-refractivity contribution in [2.24, 2.45) is 22.7 Å². The van der Waals surface area contributed by atoms with Gasteiger partial charge in [-0.25, -0.2) is 0 Å². The molecule has 0 radical (unpaired) electrons. The molecule has 1 heterocycles. The van der Waals surface area contributed by atoms with Crippen LogP contribution in [-0.4, -0.2) is 39.6 Å². The number of Topliss-reactive ketones (excluding diaryl/α,β-unsaturated/α-hetero) is 1. The topological polar surface area (TPSA) is 130 Å². The monoisotopic (exact) mass is 399 g/mol. The van der Waals surface area contributed by atoms with Crippen molar-refractivity contribution in [2.75, 3.05) is 0 Å². The van der Waals surface area contributed by atoms with Gasteiger partial charge in [-0.15, -0.1) is 0 Å². The van der Waals surface area contributed by atoms with Gasteiger partial charge in [0, 0.05) is 29.8 Å². The number of allylic oxidation sites excluding steroid dienone is 2. The van der Waals surface area contributed by atoms with Crippen LogP contribution in [0.3, 0.4) is 0 Å². The Kier molecular flexibility index (Phi) is 5.37. The quantitative estimate of drug-likeness (QED) is 0.452. The standard InChI is InChI=1S/C21H21NO7/c1-9-8-14-18(19(24)15(9)20(25)26)17(16(21(27)28)10(2)22-14)12-4-6-13(7-5-12)29-11(3)23/h4-7,9,15-17H,8H2,1-3H3,(H,25,26)(H,27,28). The van der Waals surface area contributed by atoms with Crippen LogP contribution < -0.4 is 4.74 Å². The van der Waals surface area contributed by atoms with Gasteiger partial charge in [-0.1, -0.05) is 19.1 Å². The van der Waals surface area contributed by atoms with Gasteiger partial charge >= 0.3 is 17.9 Å². The molecule has 2 N–H and O–H groups in total. The number of ether oxygens (including phenoxy) is 1. The smallest absolute Gasteiger partial charge is 0.314 e. The number of nitrogens with zero attached hydrogens (tertiary/aromatic N) is 1. The van der Waals surface area contributed by atoms with E-state index >= 15 is 0 Å². The highest BCUT2D eigenvalue weighted by Crippen LogP contribution is 2.46. The minimum Gasteiger partial charge on any atom is -0.481 e. The molecule has 4 atom stereocenters. The van der Waals surface area contributed by atoms with Crippen molar-refractivity contribution in [3.8, 4) is 5.75 Å². The second-order valence-corrected chi connectivity index (χ2v) is 7.43. The van der Waals surface area contributed by atoms with Gasteiger partial charge in [0.25, 0.3) is 0 Å². The molecule has 0 amide bonds. The molecule has 152 valence electrons. The Morgan fingerprint density at radius 1 is 1.07 bits per heavy atom. The van der Waals surface area contributed by atoms with Crippen molar-refractivity contribution in [3.05, 3.63) is 41.1 Å². The fourth-order valence-corrected chi connectivity index (χ4v) is 4.17. The number of aliphatic carboxylic acids is 2. The molecule has 29 heavy (non-hydrogen) atoms. The third-order valence-electron chi connectivity index (χ3n) is 5.38. The van der Waals surface area contributed by atoms with Crippen LogP contribution >= 0.6 is 0 Å². The lowest BCUT2D eigenvalue weighted by atomic mass is 9.67. The summed E-state index contributed by atoms with van der Waals surface area (Å²) in [6, 6.07) is 6.20. The Morgan fingerprint density at radius 3 is 2.17 bits per heavy atom. The number of benzene rings is 1. The van der Waals surface area contributed by atoms with Gasteiger partial charge < -0.3 is 14.9 Å². The average Bonchev–Trinajstić information content (AvgIpc) is 2.60. The molecular weight excluding hydrogens is 378 g/mol. The Hall–Kier alpha value is -3.29. The van der Waals surface area contributed by atoms with Crippen LogP contribution in [0.5, 0.6) is 5.75 Å². The molecular formula is C21H21NO7. The molecule has 0 fully saturated rings. The maximum atomic E-state index is 13.1. The number of carbonyl (C=O) groups excluding carboxylic acids is 2. The summed E-state index contributed by atoms with van der Waals surface area (Å²) in [6.45, 7) is 4.54. The zero-order valence-corrected chi connectivity index (χ0v) is 16.2. The zero-order chi connectivity index (χ0) is 21.5. The zero-order valence-electron chi connectivity index (χ0n) is 16.2. The minimum atomic E-state index is -1.24. The lowest BCUT2D eigenvalue weighted by molar-refractivity contribution is -0.148. The molecule has 1 aliphatic carbocycles. The molecule has 8 heteroatoms. The molecule has 1 aliphatic heterocycles. The lowest BCUT2D eigenvalue weighted by Crippen LogP contribution is -2.42. The maximum Gasteiger partial charge on any atom is 0.314 e. The molecule has 0 bridgehead atoms. The third kappa shape index (κ3) is 3.70. The second-order valence-electron chi connectivity index (χ2n) is 7.43. The van der Waals surface area contributed by atoms with Crippen molar-refractivity contribution in [1.29, 1.82) is 0 Å². The van der Waals surface area contributed by atoms with E-state index in [4.69, 9.17) is 4.74 Å². The first-order valence-electron chi connectivity index (χ1n) is 9.18. The van der Waals surface area contributed by atoms with Crippen LogP contribution in [-0.2, 0) is 19.2 Å². The minimum absolute atomic E-state index is 0.147. The number of carboxylic acids is 2. The highest BCUT2D eigenvalue weighted by Gasteiger charge is 2.48. The Labute approximate surface area is 166 Å². The van der Waals surface area contributed by atoms with Gasteiger partial charge in [0.2, 0.25) is 0 Å². The van der Waals surface area contributed by atoms with E-state index in [9.17, 15) is 29.4 Å². The van der Waals surface area contributed by atoms with Crippen LogP contribution in [0.1, 0.15) is 38.7 Å². The van der Waals surface area contributed by atoms with E-state index in [0.29, 0.717) is 17.0 Å². The highest BCUT2D eigenvalue weighted by atomic mass is 16.5. The lowest BCUT2D eigenvalue weighted by Gasteiger charge is -2.37. The van der Waals surface area contributed by atoms with E-state index in [1.54, 1.807) is 26.0 Å². The molecule has 3 rings (SSSR count). The SMILES string of the molecule is CC(=O)Oc1ccc(C2C3=C(CC(C)C(C(=O)O)C3=O)N=C(C)C2C(=O)O)cc1. The van der Waals surface area contributed by atoms with E-state index in [1.807, 2.05) is 0 Å². The maximum absolute atomic E-state index is 13.1. The molecule has 0 saturated carbocycles. The first-order chi connectivity index (χ1) is 13.6. The molecule has 0 aromatic heterocycles. The van der Waals surface area contributed by atoms with Gasteiger partial charge in [-0.05, 0) is 37.0 Å². The molecule has 1 aromatic rings. The Morgan fingerprint density at radius 2 is 1.66 bits per heavy atom. The van der Waals surface area contributed by atoms with Crippen LogP contribution in [0, 0.1) is 17.8 Å². The predicted molar refractivity (Wildman–Crippen MR) is 102 cm³/mol. The van der Waals surface area contributed by atoms with E-state index in [2.05, 4.69) is 4.99 Å². The van der Waals surface area contributed by atoms with Crippen LogP contribution in [0.4, 0.5) is 0 Å². The average molecular weight is 399 g/mol. The predicted octanol–water partition coefficient (Wildman–Crippen LogP) is 2.43. The molecule has 2 aliphatic rings. The van der Waals surface area contributed by atoms with E-state index < -0.39 is 47.4 Å². The normalized spacial score (nSPS) is 26.4. The highest BCUT2D eigenvalue weighted by molar-refractivity contribution is 6.13. The number of hydrogen-bond donors (Lipinski definition) is 2. The van der Waals surface area contributed by atoms with Crippen molar-refractivity contribution in [3.63, 3.8) is 0 Å². The largest absolute Gasteiger partial charge is 0.481 e. The van der Waals surface area contributed by atoms with E-state index in [-0.39, 0.29) is 17.7 Å². The molecule has 8 nitrogen and oxygen atoms in total. The fraction of sp³-hybridized carbons (Fsp3) is 0.381. The number of carbonyl (C=O) groups is 4. The van der Waals surface area contributed by atoms with E-state index in [1.165, 1.54) is 19.1 Å². The van der Waals surface area contributed by atoms with Crippen molar-refractivity contribution >= 4 is 29.4 Å². The summed E-state index contributed by atoms with van der Waals surface area (Å²) >= 11 is 0. The summed E-state index contributed by atoms with van der Waals surface area (Å²) in [5.74, 6) is -6.82. The summed E-state index contributed by atoms with van der Waals surface area (Å²) in [5.41, 5.74) is 1.47. The molecule has 0 saturated heterocycles. The van der Waals surface area contributed by atoms with Gasteiger partial charge in [-0.3, -0.25) is 24.2 Å². The molecule has 1 aromatic carbocycles. The number of aliphatic imine (C=N–C) groups is 1. The number of rotatable bonds is 4. The van der Waals surface area contributed by atoms with Crippen LogP contribution in [0.2, 0.25) is 0 Å². The number of carboxylic acid groups (broad SMARTS) is 2. The van der Waals surface area contributed by atoms with Crippen LogP contribution in [0.15, 0.2) is 40.5 Å². The number of ketones is 1. The van der Waals surface area contributed by atoms with Gasteiger partial charge in [0.05, 0.1) is 0 Å². The summed E-state index contributed by atoms with van der Waals surface area (Å²) in [6.07, 6.45) is 0.281.